The maximum atomic E-state index is 12.6. The summed E-state index contributed by atoms with van der Waals surface area (Å²) in [5.41, 5.74) is 4.11. The van der Waals surface area contributed by atoms with Gasteiger partial charge in [-0.2, -0.15) is 0 Å². The minimum atomic E-state index is 0.211. The Balaban J connectivity index is 1.60. The average molecular weight is 346 g/mol. The summed E-state index contributed by atoms with van der Waals surface area (Å²) >= 11 is 6.28. The van der Waals surface area contributed by atoms with Crippen LogP contribution in [0.1, 0.15) is 21.7 Å². The molecule has 1 saturated heterocycles. The fourth-order valence-electron chi connectivity index (χ4n) is 3.28. The molecule has 1 aromatic carbocycles. The third-order valence-electron chi connectivity index (χ3n) is 5.01. The van der Waals surface area contributed by atoms with Crippen molar-refractivity contribution in [3.05, 3.63) is 52.3 Å². The van der Waals surface area contributed by atoms with Gasteiger partial charge in [0.05, 0.1) is 17.3 Å². The lowest BCUT2D eigenvalue weighted by Gasteiger charge is -2.36. The van der Waals surface area contributed by atoms with Crippen molar-refractivity contribution in [2.75, 3.05) is 37.6 Å². The lowest BCUT2D eigenvalue weighted by molar-refractivity contribution is 0.0925. The molecule has 2 heterocycles. The largest absolute Gasteiger partial charge is 0.368 e. The van der Waals surface area contributed by atoms with Gasteiger partial charge in [-0.1, -0.05) is 23.7 Å². The van der Waals surface area contributed by atoms with Crippen molar-refractivity contribution >= 4 is 23.1 Å². The Morgan fingerprint density at radius 2 is 1.79 bits per heavy atom. The van der Waals surface area contributed by atoms with Crippen LogP contribution in [0.15, 0.2) is 30.3 Å². The first kappa shape index (κ1) is 17.1. The Morgan fingerprint density at radius 1 is 1.12 bits per heavy atom. The summed E-state index contributed by atoms with van der Waals surface area (Å²) in [6.07, 6.45) is 0. The van der Waals surface area contributed by atoms with E-state index in [4.69, 9.17) is 11.6 Å². The molecule has 0 amide bonds. The van der Waals surface area contributed by atoms with Gasteiger partial charge in [0.1, 0.15) is 0 Å². The number of anilines is 1. The van der Waals surface area contributed by atoms with E-state index in [1.165, 1.54) is 0 Å². The predicted octanol–water partition coefficient (Wildman–Crippen LogP) is 3.30. The van der Waals surface area contributed by atoms with Crippen molar-refractivity contribution in [1.82, 2.24) is 9.47 Å². The van der Waals surface area contributed by atoms with Gasteiger partial charge in [0.25, 0.3) is 0 Å². The molecule has 0 spiro atoms. The Morgan fingerprint density at radius 3 is 2.38 bits per heavy atom. The standard InChI is InChI=1S/C19H24ClN3O/c1-14-12-16(15(2)21(14)3)19(24)13-22-8-10-23(11-9-22)18-7-5-4-6-17(18)20/h4-7,12H,8-11,13H2,1-3H3. The van der Waals surface area contributed by atoms with Gasteiger partial charge in [0.15, 0.2) is 5.78 Å². The number of hydrogen-bond donors (Lipinski definition) is 0. The molecule has 1 aliphatic heterocycles. The zero-order valence-electron chi connectivity index (χ0n) is 14.6. The van der Waals surface area contributed by atoms with E-state index in [-0.39, 0.29) is 5.78 Å². The van der Waals surface area contributed by atoms with Gasteiger partial charge < -0.3 is 9.47 Å². The van der Waals surface area contributed by atoms with Gasteiger partial charge in [0.2, 0.25) is 0 Å². The monoisotopic (exact) mass is 345 g/mol. The maximum Gasteiger partial charge on any atom is 0.178 e. The zero-order chi connectivity index (χ0) is 17.3. The van der Waals surface area contributed by atoms with Crippen molar-refractivity contribution in [2.24, 2.45) is 7.05 Å². The van der Waals surface area contributed by atoms with Crippen LogP contribution in [0.25, 0.3) is 0 Å². The molecule has 2 aromatic rings. The normalized spacial score (nSPS) is 15.8. The Labute approximate surface area is 148 Å². The Kier molecular flexibility index (Phi) is 4.97. The summed E-state index contributed by atoms with van der Waals surface area (Å²) in [7, 11) is 2.00. The minimum absolute atomic E-state index is 0.211. The summed E-state index contributed by atoms with van der Waals surface area (Å²) < 4.78 is 2.07. The molecular weight excluding hydrogens is 322 g/mol. The van der Waals surface area contributed by atoms with Crippen molar-refractivity contribution in [2.45, 2.75) is 13.8 Å². The van der Waals surface area contributed by atoms with E-state index in [0.29, 0.717) is 6.54 Å². The number of hydrogen-bond acceptors (Lipinski definition) is 3. The van der Waals surface area contributed by atoms with Crippen LogP contribution in [0.3, 0.4) is 0 Å². The van der Waals surface area contributed by atoms with E-state index in [1.807, 2.05) is 45.2 Å². The number of Topliss-reactive ketones (excluding diaryl/α,β-unsaturated/α-hetero) is 1. The van der Waals surface area contributed by atoms with Crippen molar-refractivity contribution < 1.29 is 4.79 Å². The summed E-state index contributed by atoms with van der Waals surface area (Å²) in [5, 5.41) is 0.789. The molecule has 1 fully saturated rings. The van der Waals surface area contributed by atoms with Crippen LogP contribution in [-0.4, -0.2) is 48.0 Å². The molecule has 0 saturated carbocycles. The number of aromatic nitrogens is 1. The van der Waals surface area contributed by atoms with Crippen LogP contribution in [-0.2, 0) is 7.05 Å². The second-order valence-electron chi connectivity index (χ2n) is 6.48. The van der Waals surface area contributed by atoms with E-state index in [2.05, 4.69) is 20.4 Å². The second-order valence-corrected chi connectivity index (χ2v) is 6.89. The minimum Gasteiger partial charge on any atom is -0.368 e. The fourth-order valence-corrected chi connectivity index (χ4v) is 3.54. The highest BCUT2D eigenvalue weighted by atomic mass is 35.5. The molecular formula is C19H24ClN3O. The molecule has 0 aliphatic carbocycles. The van der Waals surface area contributed by atoms with Crippen LogP contribution < -0.4 is 4.90 Å². The maximum absolute atomic E-state index is 12.6. The number of aryl methyl sites for hydroxylation is 1. The molecule has 128 valence electrons. The van der Waals surface area contributed by atoms with E-state index in [0.717, 1.165) is 53.8 Å². The van der Waals surface area contributed by atoms with Crippen LogP contribution in [0.2, 0.25) is 5.02 Å². The summed E-state index contributed by atoms with van der Waals surface area (Å²) in [5.74, 6) is 0.211. The highest BCUT2D eigenvalue weighted by molar-refractivity contribution is 6.33. The van der Waals surface area contributed by atoms with E-state index in [1.54, 1.807) is 0 Å². The SMILES string of the molecule is Cc1cc(C(=O)CN2CCN(c3ccccc3Cl)CC2)c(C)n1C. The average Bonchev–Trinajstić information content (AvgIpc) is 2.84. The predicted molar refractivity (Wildman–Crippen MR) is 99.3 cm³/mol. The van der Waals surface area contributed by atoms with Gasteiger partial charge in [-0.15, -0.1) is 0 Å². The molecule has 0 atom stereocenters. The van der Waals surface area contributed by atoms with Crippen LogP contribution >= 0.6 is 11.6 Å². The smallest absolute Gasteiger partial charge is 0.178 e. The van der Waals surface area contributed by atoms with Gasteiger partial charge >= 0.3 is 0 Å². The Bertz CT molecular complexity index is 745. The molecule has 4 nitrogen and oxygen atoms in total. The molecule has 1 aliphatic rings. The van der Waals surface area contributed by atoms with Crippen molar-refractivity contribution in [3.63, 3.8) is 0 Å². The molecule has 3 rings (SSSR count). The number of carbonyl (C=O) groups excluding carboxylic acids is 1. The molecule has 0 bridgehead atoms. The third-order valence-corrected chi connectivity index (χ3v) is 5.33. The molecule has 5 heteroatoms. The lowest BCUT2D eigenvalue weighted by Crippen LogP contribution is -2.48. The first-order valence-electron chi connectivity index (χ1n) is 8.35. The van der Waals surface area contributed by atoms with Crippen molar-refractivity contribution in [3.8, 4) is 0 Å². The highest BCUT2D eigenvalue weighted by Gasteiger charge is 2.22. The zero-order valence-corrected chi connectivity index (χ0v) is 15.3. The molecule has 1 aromatic heterocycles. The lowest BCUT2D eigenvalue weighted by atomic mass is 10.1. The number of carbonyl (C=O) groups is 1. The first-order chi connectivity index (χ1) is 11.5. The number of piperazine rings is 1. The number of ketones is 1. The summed E-state index contributed by atoms with van der Waals surface area (Å²) in [4.78, 5) is 17.1. The first-order valence-corrected chi connectivity index (χ1v) is 8.73. The summed E-state index contributed by atoms with van der Waals surface area (Å²) in [6, 6.07) is 9.94. The van der Waals surface area contributed by atoms with Crippen LogP contribution in [0.4, 0.5) is 5.69 Å². The number of rotatable bonds is 4. The topological polar surface area (TPSA) is 28.5 Å². The highest BCUT2D eigenvalue weighted by Crippen LogP contribution is 2.26. The summed E-state index contributed by atoms with van der Waals surface area (Å²) in [6.45, 7) is 8.07. The van der Waals surface area contributed by atoms with E-state index >= 15 is 0 Å². The van der Waals surface area contributed by atoms with E-state index in [9.17, 15) is 4.79 Å². The molecule has 0 N–H and O–H groups in total. The quantitative estimate of drug-likeness (QED) is 0.796. The molecule has 24 heavy (non-hydrogen) atoms. The number of para-hydroxylation sites is 1. The van der Waals surface area contributed by atoms with Gasteiger partial charge in [-0.05, 0) is 32.0 Å². The number of nitrogens with zero attached hydrogens (tertiary/aromatic N) is 3. The van der Waals surface area contributed by atoms with Gasteiger partial charge in [0, 0.05) is 50.2 Å². The number of benzene rings is 1. The van der Waals surface area contributed by atoms with Crippen LogP contribution in [0, 0.1) is 13.8 Å². The van der Waals surface area contributed by atoms with Gasteiger partial charge in [-0.3, -0.25) is 9.69 Å². The van der Waals surface area contributed by atoms with Crippen LogP contribution in [0.5, 0.6) is 0 Å². The number of halogens is 1. The van der Waals surface area contributed by atoms with E-state index < -0.39 is 0 Å². The molecule has 0 radical (unpaired) electrons. The second kappa shape index (κ2) is 6.99. The fraction of sp³-hybridized carbons (Fsp3) is 0.421. The third kappa shape index (κ3) is 3.35. The Hall–Kier alpha value is -1.78. The van der Waals surface area contributed by atoms with Crippen molar-refractivity contribution in [1.29, 1.82) is 0 Å². The molecule has 0 unspecified atom stereocenters. The van der Waals surface area contributed by atoms with Gasteiger partial charge in [-0.25, -0.2) is 0 Å².